The van der Waals surface area contributed by atoms with E-state index in [1.807, 2.05) is 0 Å². The van der Waals surface area contributed by atoms with Crippen molar-refractivity contribution in [1.29, 1.82) is 0 Å². The Kier molecular flexibility index (Phi) is 4.22. The maximum atomic E-state index is 13.3. The van der Waals surface area contributed by atoms with Crippen LogP contribution < -0.4 is 4.74 Å². The second kappa shape index (κ2) is 5.27. The van der Waals surface area contributed by atoms with Gasteiger partial charge in [-0.05, 0) is 13.8 Å². The van der Waals surface area contributed by atoms with Crippen molar-refractivity contribution in [3.8, 4) is 5.88 Å². The number of carbonyl (C=O) groups excluding carboxylic acids is 1. The lowest BCUT2D eigenvalue weighted by atomic mass is 10.2. The molecular formula is C10H12ClFN2O3. The number of carbonyl (C=O) groups is 1. The summed E-state index contributed by atoms with van der Waals surface area (Å²) in [5.41, 5.74) is -1.66. The fourth-order valence-corrected chi connectivity index (χ4v) is 1.17. The highest BCUT2D eigenvalue weighted by Gasteiger charge is 2.23. The maximum absolute atomic E-state index is 13.3. The van der Waals surface area contributed by atoms with Crippen molar-refractivity contribution in [2.45, 2.75) is 19.5 Å². The third kappa shape index (κ3) is 3.81. The van der Waals surface area contributed by atoms with E-state index in [0.717, 1.165) is 6.33 Å². The summed E-state index contributed by atoms with van der Waals surface area (Å²) in [5.74, 6) is -0.829. The van der Waals surface area contributed by atoms with E-state index in [-0.39, 0.29) is 23.2 Å². The van der Waals surface area contributed by atoms with Crippen LogP contribution in [-0.4, -0.2) is 35.3 Å². The minimum absolute atomic E-state index is 0.0948. The van der Waals surface area contributed by atoms with Crippen molar-refractivity contribution < 1.29 is 18.7 Å². The van der Waals surface area contributed by atoms with Crippen LogP contribution in [0.15, 0.2) is 6.33 Å². The number of methoxy groups -OCH3 is 1. The van der Waals surface area contributed by atoms with E-state index in [1.165, 1.54) is 21.0 Å². The van der Waals surface area contributed by atoms with Gasteiger partial charge >= 0.3 is 5.97 Å². The molecule has 0 unspecified atom stereocenters. The molecule has 1 rings (SSSR count). The fraction of sp³-hybridized carbons (Fsp3) is 0.500. The van der Waals surface area contributed by atoms with Crippen LogP contribution in [0.25, 0.3) is 0 Å². The molecule has 0 amide bonds. The molecule has 17 heavy (non-hydrogen) atoms. The van der Waals surface area contributed by atoms with Crippen LogP contribution in [0.2, 0.25) is 5.15 Å². The van der Waals surface area contributed by atoms with Crippen LogP contribution >= 0.6 is 11.6 Å². The molecule has 1 aromatic heterocycles. The Labute approximate surface area is 103 Å². The SMILES string of the molecule is COC(=O)c1c(Cl)ncnc1OCC(C)(C)F. The predicted octanol–water partition coefficient (Wildman–Crippen LogP) is 2.04. The zero-order chi connectivity index (χ0) is 13.1. The van der Waals surface area contributed by atoms with Crippen LogP contribution in [0.3, 0.4) is 0 Å². The molecule has 0 aliphatic rings. The zero-order valence-electron chi connectivity index (χ0n) is 9.66. The number of hydrogen-bond acceptors (Lipinski definition) is 5. The van der Waals surface area contributed by atoms with Crippen molar-refractivity contribution in [2.75, 3.05) is 13.7 Å². The Balaban J connectivity index is 2.99. The van der Waals surface area contributed by atoms with E-state index in [9.17, 15) is 9.18 Å². The van der Waals surface area contributed by atoms with Gasteiger partial charge in [0.2, 0.25) is 5.88 Å². The van der Waals surface area contributed by atoms with Gasteiger partial charge in [-0.2, -0.15) is 0 Å². The molecule has 7 heteroatoms. The van der Waals surface area contributed by atoms with Crippen molar-refractivity contribution >= 4 is 17.6 Å². The van der Waals surface area contributed by atoms with Crippen molar-refractivity contribution in [3.63, 3.8) is 0 Å². The van der Waals surface area contributed by atoms with E-state index in [2.05, 4.69) is 14.7 Å². The highest BCUT2D eigenvalue weighted by atomic mass is 35.5. The molecule has 0 fully saturated rings. The highest BCUT2D eigenvalue weighted by molar-refractivity contribution is 6.32. The molecule has 0 N–H and O–H groups in total. The Hall–Kier alpha value is -1.43. The summed E-state index contributed by atoms with van der Waals surface area (Å²) in [6.45, 7) is 2.42. The number of ether oxygens (including phenoxy) is 2. The van der Waals surface area contributed by atoms with Gasteiger partial charge in [0.05, 0.1) is 7.11 Å². The maximum Gasteiger partial charge on any atom is 0.346 e. The molecule has 0 radical (unpaired) electrons. The number of rotatable bonds is 4. The van der Waals surface area contributed by atoms with Crippen LogP contribution in [0.4, 0.5) is 4.39 Å². The van der Waals surface area contributed by atoms with E-state index >= 15 is 0 Å². The number of nitrogens with zero attached hydrogens (tertiary/aromatic N) is 2. The minimum atomic E-state index is -1.55. The Morgan fingerprint density at radius 1 is 1.53 bits per heavy atom. The summed E-state index contributed by atoms with van der Waals surface area (Å²) in [6.07, 6.45) is 1.12. The van der Waals surface area contributed by atoms with Crippen molar-refractivity contribution in [3.05, 3.63) is 17.0 Å². The molecule has 0 aromatic carbocycles. The lowest BCUT2D eigenvalue weighted by molar-refractivity contribution is 0.0586. The summed E-state index contributed by atoms with van der Waals surface area (Å²) in [5, 5.41) is -0.0986. The molecular weight excluding hydrogens is 251 g/mol. The average molecular weight is 263 g/mol. The van der Waals surface area contributed by atoms with E-state index in [4.69, 9.17) is 16.3 Å². The molecule has 0 aliphatic heterocycles. The van der Waals surface area contributed by atoms with Gasteiger partial charge in [-0.1, -0.05) is 11.6 Å². The van der Waals surface area contributed by atoms with Gasteiger partial charge < -0.3 is 9.47 Å². The first kappa shape index (κ1) is 13.6. The largest absolute Gasteiger partial charge is 0.474 e. The second-order valence-electron chi connectivity index (χ2n) is 3.84. The van der Waals surface area contributed by atoms with Gasteiger partial charge in [-0.3, -0.25) is 0 Å². The van der Waals surface area contributed by atoms with Crippen molar-refractivity contribution in [1.82, 2.24) is 9.97 Å². The topological polar surface area (TPSA) is 61.3 Å². The number of halogens is 2. The normalized spacial score (nSPS) is 11.1. The second-order valence-corrected chi connectivity index (χ2v) is 4.20. The predicted molar refractivity (Wildman–Crippen MR) is 59.1 cm³/mol. The van der Waals surface area contributed by atoms with Crippen LogP contribution in [0, 0.1) is 0 Å². The molecule has 0 saturated heterocycles. The quantitative estimate of drug-likeness (QED) is 0.614. The summed E-state index contributed by atoms with van der Waals surface area (Å²) in [6, 6.07) is 0. The summed E-state index contributed by atoms with van der Waals surface area (Å²) >= 11 is 5.73. The number of hydrogen-bond donors (Lipinski definition) is 0. The van der Waals surface area contributed by atoms with Gasteiger partial charge in [0.25, 0.3) is 0 Å². The monoisotopic (exact) mass is 262 g/mol. The first-order valence-electron chi connectivity index (χ1n) is 4.75. The minimum Gasteiger partial charge on any atom is -0.474 e. The lowest BCUT2D eigenvalue weighted by Gasteiger charge is -2.15. The molecule has 94 valence electrons. The first-order valence-corrected chi connectivity index (χ1v) is 5.13. The van der Waals surface area contributed by atoms with Gasteiger partial charge in [-0.15, -0.1) is 0 Å². The van der Waals surface area contributed by atoms with Crippen LogP contribution in [0.1, 0.15) is 24.2 Å². The zero-order valence-corrected chi connectivity index (χ0v) is 10.4. The Morgan fingerprint density at radius 3 is 2.71 bits per heavy atom. The van der Waals surface area contributed by atoms with Gasteiger partial charge in [0, 0.05) is 0 Å². The Bertz CT molecular complexity index is 421. The van der Waals surface area contributed by atoms with E-state index < -0.39 is 11.6 Å². The van der Waals surface area contributed by atoms with Gasteiger partial charge in [0.1, 0.15) is 18.6 Å². The Morgan fingerprint density at radius 2 is 2.18 bits per heavy atom. The van der Waals surface area contributed by atoms with Crippen LogP contribution in [0.5, 0.6) is 5.88 Å². The van der Waals surface area contributed by atoms with Gasteiger partial charge in [-0.25, -0.2) is 19.2 Å². The average Bonchev–Trinajstić information content (AvgIpc) is 2.24. The van der Waals surface area contributed by atoms with Crippen molar-refractivity contribution in [2.24, 2.45) is 0 Å². The lowest BCUT2D eigenvalue weighted by Crippen LogP contribution is -2.24. The smallest absolute Gasteiger partial charge is 0.346 e. The molecule has 5 nitrogen and oxygen atoms in total. The third-order valence-corrected chi connectivity index (χ3v) is 1.99. The van der Waals surface area contributed by atoms with Gasteiger partial charge in [0.15, 0.2) is 10.7 Å². The first-order chi connectivity index (χ1) is 7.85. The van der Waals surface area contributed by atoms with E-state index in [0.29, 0.717) is 0 Å². The summed E-state index contributed by atoms with van der Waals surface area (Å²) in [4.78, 5) is 18.8. The fourth-order valence-electron chi connectivity index (χ4n) is 0.972. The highest BCUT2D eigenvalue weighted by Crippen LogP contribution is 2.23. The summed E-state index contributed by atoms with van der Waals surface area (Å²) < 4.78 is 22.9. The molecule has 0 spiro atoms. The number of alkyl halides is 1. The molecule has 0 saturated carbocycles. The third-order valence-electron chi connectivity index (χ3n) is 1.71. The molecule has 0 atom stereocenters. The molecule has 0 aliphatic carbocycles. The van der Waals surface area contributed by atoms with E-state index in [1.54, 1.807) is 0 Å². The number of esters is 1. The van der Waals surface area contributed by atoms with Crippen LogP contribution in [-0.2, 0) is 4.74 Å². The molecule has 1 heterocycles. The standard InChI is InChI=1S/C10H12ClFN2O3/c1-10(2,12)4-17-8-6(9(15)16-3)7(11)13-5-14-8/h5H,4H2,1-3H3. The molecule has 0 bridgehead atoms. The number of aromatic nitrogens is 2. The molecule has 1 aromatic rings. The summed E-state index contributed by atoms with van der Waals surface area (Å²) in [7, 11) is 1.19.